The lowest BCUT2D eigenvalue weighted by Gasteiger charge is -2.19. The van der Waals surface area contributed by atoms with Gasteiger partial charge in [-0.2, -0.15) is 10.1 Å². The van der Waals surface area contributed by atoms with Crippen molar-refractivity contribution in [1.29, 1.82) is 0 Å². The normalized spacial score (nSPS) is 17.9. The maximum atomic E-state index is 13.1. The Balaban J connectivity index is 1.19. The Labute approximate surface area is 238 Å². The lowest BCUT2D eigenvalue weighted by Crippen LogP contribution is -2.29. The lowest BCUT2D eigenvalue weighted by atomic mass is 9.94. The minimum atomic E-state index is -0.289. The van der Waals surface area contributed by atoms with Gasteiger partial charge in [-0.3, -0.25) is 9.48 Å². The molecule has 2 aliphatic carbocycles. The number of nitrogens with zero attached hydrogens (tertiary/aromatic N) is 6. The van der Waals surface area contributed by atoms with Gasteiger partial charge in [-0.15, -0.1) is 0 Å². The summed E-state index contributed by atoms with van der Waals surface area (Å²) in [6, 6.07) is 8.71. The quantitative estimate of drug-likeness (QED) is 0.248. The molecular weight excluding hydrogens is 516 g/mol. The van der Waals surface area contributed by atoms with E-state index in [9.17, 15) is 4.79 Å². The fourth-order valence-electron chi connectivity index (χ4n) is 5.94. The van der Waals surface area contributed by atoms with Crippen LogP contribution in [0.15, 0.2) is 41.2 Å². The first kappa shape index (κ1) is 25.6. The van der Waals surface area contributed by atoms with Crippen LogP contribution in [0.1, 0.15) is 98.3 Å². The maximum Gasteiger partial charge on any atom is 0.293 e. The van der Waals surface area contributed by atoms with Crippen molar-refractivity contribution in [2.75, 3.05) is 0 Å². The molecular formula is C31H34N8O2. The summed E-state index contributed by atoms with van der Waals surface area (Å²) >= 11 is 0. The summed E-state index contributed by atoms with van der Waals surface area (Å²) in [6.45, 7) is 8.39. The SMILES string of the molecule is Cc1c(-c2nc3nccc(-c4ccc5c(c4)CCCC[C@H]5NC(=O)c4noc(C5(C)CC5)n4)c3[nH]2)cnn1C(C)C. The number of H-pyrrole nitrogens is 1. The van der Waals surface area contributed by atoms with Crippen molar-refractivity contribution in [3.8, 4) is 22.5 Å². The van der Waals surface area contributed by atoms with Crippen molar-refractivity contribution in [3.63, 3.8) is 0 Å². The largest absolute Gasteiger partial charge is 0.342 e. The van der Waals surface area contributed by atoms with Gasteiger partial charge < -0.3 is 14.8 Å². The van der Waals surface area contributed by atoms with Gasteiger partial charge in [0.1, 0.15) is 5.82 Å². The van der Waals surface area contributed by atoms with Gasteiger partial charge in [0.25, 0.3) is 11.7 Å². The molecule has 1 aromatic carbocycles. The fourth-order valence-corrected chi connectivity index (χ4v) is 5.94. The number of amides is 1. The predicted octanol–water partition coefficient (Wildman–Crippen LogP) is 6.01. The zero-order chi connectivity index (χ0) is 28.3. The Kier molecular flexibility index (Phi) is 6.02. The van der Waals surface area contributed by atoms with Crippen LogP contribution in [0, 0.1) is 6.92 Å². The van der Waals surface area contributed by atoms with Crippen molar-refractivity contribution in [3.05, 3.63) is 65.2 Å². The van der Waals surface area contributed by atoms with E-state index in [1.54, 1.807) is 0 Å². The number of benzene rings is 1. The van der Waals surface area contributed by atoms with Gasteiger partial charge in [0.05, 0.1) is 23.3 Å². The van der Waals surface area contributed by atoms with Gasteiger partial charge >= 0.3 is 0 Å². The molecule has 4 aromatic heterocycles. The molecule has 0 unspecified atom stereocenters. The summed E-state index contributed by atoms with van der Waals surface area (Å²) < 4.78 is 7.41. The predicted molar refractivity (Wildman–Crippen MR) is 154 cm³/mol. The summed E-state index contributed by atoms with van der Waals surface area (Å²) in [5.41, 5.74) is 8.06. The maximum absolute atomic E-state index is 13.1. The van der Waals surface area contributed by atoms with E-state index in [1.165, 1.54) is 5.56 Å². The molecule has 10 heteroatoms. The number of rotatable bonds is 6. The number of aryl methyl sites for hydroxylation is 1. The topological polar surface area (TPSA) is 127 Å². The van der Waals surface area contributed by atoms with Gasteiger partial charge in [-0.1, -0.05) is 36.7 Å². The first-order valence-electron chi connectivity index (χ1n) is 14.5. The Morgan fingerprint density at radius 3 is 2.80 bits per heavy atom. The molecule has 0 radical (unpaired) electrons. The van der Waals surface area contributed by atoms with E-state index in [2.05, 4.69) is 76.4 Å². The second kappa shape index (κ2) is 9.64. The Hall–Kier alpha value is -4.34. The standard InChI is InChI=1S/C31H34N8O2/c1-17(2)39-18(3)23(16-33-39)26-35-25-22(11-14-32-27(25)36-26)20-9-10-21-19(15-20)7-5-6-8-24(21)34-29(40)28-37-30(41-38-28)31(4)12-13-31/h9-11,14-17,24H,5-8,12-13H2,1-4H3,(H,34,40)(H,32,35,36)/t24-/m1/s1. The van der Waals surface area contributed by atoms with Crippen LogP contribution in [-0.4, -0.2) is 40.8 Å². The number of pyridine rings is 1. The van der Waals surface area contributed by atoms with Crippen molar-refractivity contribution >= 4 is 17.1 Å². The first-order chi connectivity index (χ1) is 19.8. The second-order valence-electron chi connectivity index (χ2n) is 12.0. The van der Waals surface area contributed by atoms with Crippen molar-refractivity contribution in [1.82, 2.24) is 40.2 Å². The number of imidazole rings is 1. The van der Waals surface area contributed by atoms with Gasteiger partial charge in [-0.05, 0) is 75.6 Å². The molecule has 0 spiro atoms. The monoisotopic (exact) mass is 550 g/mol. The zero-order valence-electron chi connectivity index (χ0n) is 23.9. The zero-order valence-corrected chi connectivity index (χ0v) is 23.9. The van der Waals surface area contributed by atoms with E-state index < -0.39 is 0 Å². The second-order valence-corrected chi connectivity index (χ2v) is 12.0. The smallest absolute Gasteiger partial charge is 0.293 e. The number of carbonyl (C=O) groups excluding carboxylic acids is 1. The van der Waals surface area contributed by atoms with Crippen LogP contribution in [0.25, 0.3) is 33.7 Å². The molecule has 2 N–H and O–H groups in total. The van der Waals surface area contributed by atoms with Crippen molar-refractivity contribution in [2.24, 2.45) is 0 Å². The van der Waals surface area contributed by atoms with Crippen LogP contribution in [0.3, 0.4) is 0 Å². The molecule has 1 amide bonds. The molecule has 10 nitrogen and oxygen atoms in total. The summed E-state index contributed by atoms with van der Waals surface area (Å²) in [6.07, 6.45) is 9.61. The molecule has 7 rings (SSSR count). The molecule has 2 aliphatic rings. The van der Waals surface area contributed by atoms with E-state index in [-0.39, 0.29) is 29.2 Å². The van der Waals surface area contributed by atoms with E-state index in [0.717, 1.165) is 77.8 Å². The number of aromatic amines is 1. The molecule has 0 bridgehead atoms. The Bertz CT molecular complexity index is 1770. The number of nitrogens with one attached hydrogen (secondary N) is 2. The van der Waals surface area contributed by atoms with Crippen molar-refractivity contribution < 1.29 is 9.32 Å². The van der Waals surface area contributed by atoms with Crippen LogP contribution in [0.5, 0.6) is 0 Å². The molecule has 0 aliphatic heterocycles. The third-order valence-electron chi connectivity index (χ3n) is 8.65. The highest BCUT2D eigenvalue weighted by molar-refractivity contribution is 5.92. The number of hydrogen-bond donors (Lipinski definition) is 2. The molecule has 210 valence electrons. The minimum absolute atomic E-state index is 0.0699. The van der Waals surface area contributed by atoms with Crippen LogP contribution >= 0.6 is 0 Å². The van der Waals surface area contributed by atoms with Crippen LogP contribution < -0.4 is 5.32 Å². The summed E-state index contributed by atoms with van der Waals surface area (Å²) in [5.74, 6) is 1.15. The highest BCUT2D eigenvalue weighted by atomic mass is 16.5. The van der Waals surface area contributed by atoms with Gasteiger partial charge in [-0.25, -0.2) is 9.97 Å². The average Bonchev–Trinajstić information content (AvgIpc) is 3.30. The highest BCUT2D eigenvalue weighted by Gasteiger charge is 2.45. The summed E-state index contributed by atoms with van der Waals surface area (Å²) in [5, 5.41) is 11.7. The van der Waals surface area contributed by atoms with Gasteiger partial charge in [0.2, 0.25) is 5.89 Å². The Morgan fingerprint density at radius 1 is 1.17 bits per heavy atom. The minimum Gasteiger partial charge on any atom is -0.342 e. The van der Waals surface area contributed by atoms with E-state index in [4.69, 9.17) is 9.51 Å². The molecule has 1 atom stereocenters. The highest BCUT2D eigenvalue weighted by Crippen LogP contribution is 2.46. The number of fused-ring (bicyclic) bond motifs is 2. The summed E-state index contributed by atoms with van der Waals surface area (Å²) in [7, 11) is 0. The lowest BCUT2D eigenvalue weighted by molar-refractivity contribution is 0.0921. The van der Waals surface area contributed by atoms with E-state index >= 15 is 0 Å². The number of aromatic nitrogens is 7. The van der Waals surface area contributed by atoms with Gasteiger partial charge in [0, 0.05) is 28.9 Å². The van der Waals surface area contributed by atoms with E-state index in [1.807, 2.05) is 23.1 Å². The molecule has 41 heavy (non-hydrogen) atoms. The third-order valence-corrected chi connectivity index (χ3v) is 8.65. The first-order valence-corrected chi connectivity index (χ1v) is 14.5. The third kappa shape index (κ3) is 4.51. The average molecular weight is 551 g/mol. The molecule has 5 aromatic rings. The molecule has 1 saturated carbocycles. The summed E-state index contributed by atoms with van der Waals surface area (Å²) in [4.78, 5) is 30.4. The molecule has 1 fully saturated rings. The van der Waals surface area contributed by atoms with E-state index in [0.29, 0.717) is 11.5 Å². The van der Waals surface area contributed by atoms with Crippen LogP contribution in [0.4, 0.5) is 0 Å². The van der Waals surface area contributed by atoms with Crippen molar-refractivity contribution in [2.45, 2.75) is 83.7 Å². The Morgan fingerprint density at radius 2 is 2.02 bits per heavy atom. The number of hydrogen-bond acceptors (Lipinski definition) is 7. The molecule has 0 saturated heterocycles. The van der Waals surface area contributed by atoms with Gasteiger partial charge in [0.15, 0.2) is 5.65 Å². The van der Waals surface area contributed by atoms with Crippen LogP contribution in [-0.2, 0) is 11.8 Å². The van der Waals surface area contributed by atoms with Crippen LogP contribution in [0.2, 0.25) is 0 Å². The molecule has 4 heterocycles. The number of carbonyl (C=O) groups is 1. The fraction of sp³-hybridized carbons (Fsp3) is 0.419.